The highest BCUT2D eigenvalue weighted by Gasteiger charge is 2.24. The predicted octanol–water partition coefficient (Wildman–Crippen LogP) is -0.797. The Morgan fingerprint density at radius 3 is 2.46 bits per heavy atom. The highest BCUT2D eigenvalue weighted by atomic mass is 31.2. The lowest BCUT2D eigenvalue weighted by Gasteiger charge is -2.06. The normalized spacial score (nSPS) is 20.5. The summed E-state index contributed by atoms with van der Waals surface area (Å²) in [7, 11) is -4.04. The van der Waals surface area contributed by atoms with Gasteiger partial charge in [-0.2, -0.15) is 0 Å². The van der Waals surface area contributed by atoms with Crippen molar-refractivity contribution in [3.05, 3.63) is 12.2 Å². The second-order valence-corrected chi connectivity index (χ2v) is 4.54. The van der Waals surface area contributed by atoms with Crippen LogP contribution in [0.2, 0.25) is 0 Å². The van der Waals surface area contributed by atoms with Gasteiger partial charge < -0.3 is 20.0 Å². The highest BCUT2D eigenvalue weighted by molar-refractivity contribution is 7.51. The van der Waals surface area contributed by atoms with Crippen molar-refractivity contribution in [3.63, 3.8) is 0 Å². The lowest BCUT2D eigenvalue weighted by molar-refractivity contribution is -0.107. The average Bonchev–Trinajstić information content (AvgIpc) is 2.24. The Hall–Kier alpha value is -0.520. The molecule has 0 bridgehead atoms. The maximum Gasteiger partial charge on any atom is 0.325 e. The molecule has 1 heterocycles. The summed E-state index contributed by atoms with van der Waals surface area (Å²) >= 11 is 0. The molecule has 1 aliphatic heterocycles. The molecular formula is C6H10NO5P. The minimum Gasteiger partial charge on any atom is -0.344 e. The van der Waals surface area contributed by atoms with Crippen molar-refractivity contribution < 1.29 is 24.6 Å². The molecule has 0 atom stereocenters. The molecule has 0 unspecified atom stereocenters. The molecule has 6 nitrogen and oxygen atoms in total. The number of aliphatic imine (C=N–C) groups is 1. The molecular weight excluding hydrogens is 197 g/mol. The van der Waals surface area contributed by atoms with Crippen molar-refractivity contribution in [3.8, 4) is 0 Å². The molecule has 0 aromatic carbocycles. The van der Waals surface area contributed by atoms with Crippen LogP contribution in [0.15, 0.2) is 17.1 Å². The van der Waals surface area contributed by atoms with Gasteiger partial charge in [0.05, 0.1) is 6.16 Å². The monoisotopic (exact) mass is 207 g/mol. The smallest absolute Gasteiger partial charge is 0.325 e. The van der Waals surface area contributed by atoms with Gasteiger partial charge in [0.25, 0.3) is 5.91 Å². The van der Waals surface area contributed by atoms with Crippen LogP contribution < -0.4 is 0 Å². The minimum atomic E-state index is -4.04. The summed E-state index contributed by atoms with van der Waals surface area (Å²) in [6.45, 7) is 0. The van der Waals surface area contributed by atoms with Gasteiger partial charge in [-0.05, 0) is 6.08 Å². The van der Waals surface area contributed by atoms with Crippen molar-refractivity contribution in [1.29, 1.82) is 0 Å². The lowest BCUT2D eigenvalue weighted by atomic mass is 10.3. The van der Waals surface area contributed by atoms with Crippen LogP contribution in [0.25, 0.3) is 0 Å². The molecule has 0 aromatic rings. The Bertz CT molecular complexity index is 302. The molecule has 1 rings (SSSR count). The highest BCUT2D eigenvalue weighted by Crippen LogP contribution is 2.35. The van der Waals surface area contributed by atoms with Crippen LogP contribution in [-0.4, -0.2) is 37.8 Å². The Morgan fingerprint density at radius 1 is 1.46 bits per heavy atom. The zero-order valence-corrected chi connectivity index (χ0v) is 7.55. The van der Waals surface area contributed by atoms with Crippen molar-refractivity contribution in [2.45, 2.75) is 12.3 Å². The largest absolute Gasteiger partial charge is 0.344 e. The van der Waals surface area contributed by atoms with E-state index in [4.69, 9.17) is 20.0 Å². The van der Waals surface area contributed by atoms with E-state index in [-0.39, 0.29) is 18.3 Å². The summed E-state index contributed by atoms with van der Waals surface area (Å²) in [6.07, 6.45) is 2.06. The van der Waals surface area contributed by atoms with Crippen LogP contribution in [0, 0.1) is 0 Å². The van der Waals surface area contributed by atoms with E-state index in [1.165, 1.54) is 6.08 Å². The summed E-state index contributed by atoms with van der Waals surface area (Å²) in [5.41, 5.74) is 0.272. The molecule has 0 saturated carbocycles. The summed E-state index contributed by atoms with van der Waals surface area (Å²) < 4.78 is 10.4. The molecule has 0 aromatic heterocycles. The van der Waals surface area contributed by atoms with Crippen LogP contribution in [0.1, 0.15) is 6.42 Å². The molecule has 13 heavy (non-hydrogen) atoms. The van der Waals surface area contributed by atoms with Gasteiger partial charge >= 0.3 is 7.60 Å². The van der Waals surface area contributed by atoms with E-state index in [1.54, 1.807) is 0 Å². The summed E-state index contributed by atoms with van der Waals surface area (Å²) in [5, 5.41) is 17.8. The second-order valence-electron chi connectivity index (χ2n) is 2.76. The van der Waals surface area contributed by atoms with Gasteiger partial charge in [0.15, 0.2) is 0 Å². The van der Waals surface area contributed by atoms with Crippen LogP contribution >= 0.6 is 7.60 Å². The van der Waals surface area contributed by atoms with E-state index in [0.717, 1.165) is 6.08 Å². The number of nitrogens with zero attached hydrogens (tertiary/aromatic N) is 1. The maximum atomic E-state index is 10.4. The van der Waals surface area contributed by atoms with E-state index < -0.39 is 13.5 Å². The van der Waals surface area contributed by atoms with E-state index in [0.29, 0.717) is 0 Å². The SMILES string of the molecule is O=P(O)(O)CCC1=NC(O)(O)C=C1. The van der Waals surface area contributed by atoms with Gasteiger partial charge in [0, 0.05) is 18.2 Å². The van der Waals surface area contributed by atoms with E-state index in [2.05, 4.69) is 4.99 Å². The average molecular weight is 207 g/mol. The number of hydrogen-bond donors (Lipinski definition) is 4. The Labute approximate surface area is 74.4 Å². The Balaban J connectivity index is 2.51. The molecule has 7 heteroatoms. The lowest BCUT2D eigenvalue weighted by Crippen LogP contribution is -2.19. The molecule has 0 fully saturated rings. The van der Waals surface area contributed by atoms with E-state index >= 15 is 0 Å². The third-order valence-corrected chi connectivity index (χ3v) is 2.27. The second kappa shape index (κ2) is 3.32. The molecule has 4 N–H and O–H groups in total. The fraction of sp³-hybridized carbons (Fsp3) is 0.500. The predicted molar refractivity (Wildman–Crippen MR) is 45.3 cm³/mol. The fourth-order valence-electron chi connectivity index (χ4n) is 0.893. The number of allylic oxidation sites excluding steroid dienone is 1. The molecule has 0 radical (unpaired) electrons. The maximum absolute atomic E-state index is 10.4. The van der Waals surface area contributed by atoms with Crippen molar-refractivity contribution in [2.24, 2.45) is 4.99 Å². The number of aliphatic hydroxyl groups is 2. The summed E-state index contributed by atoms with van der Waals surface area (Å²) in [5.74, 6) is -2.20. The van der Waals surface area contributed by atoms with Crippen LogP contribution in [-0.2, 0) is 4.57 Å². The van der Waals surface area contributed by atoms with Gasteiger partial charge in [0.2, 0.25) is 0 Å². The first-order valence-corrected chi connectivity index (χ1v) is 5.36. The Morgan fingerprint density at radius 2 is 2.08 bits per heavy atom. The van der Waals surface area contributed by atoms with Gasteiger partial charge in [-0.25, -0.2) is 4.99 Å². The number of rotatable bonds is 3. The van der Waals surface area contributed by atoms with Gasteiger partial charge in [0.1, 0.15) is 0 Å². The summed E-state index contributed by atoms with van der Waals surface area (Å²) in [6, 6.07) is 0. The zero-order chi connectivity index (χ0) is 10.1. The first-order chi connectivity index (χ1) is 5.79. The van der Waals surface area contributed by atoms with Crippen molar-refractivity contribution in [1.82, 2.24) is 0 Å². The third kappa shape index (κ3) is 3.80. The molecule has 74 valence electrons. The summed E-state index contributed by atoms with van der Waals surface area (Å²) in [4.78, 5) is 20.4. The standard InChI is InChI=1S/C6H10NO5P/c8-6(9)3-1-5(7-6)2-4-13(10,11)12/h1,3,8-9H,2,4H2,(H2,10,11,12). The molecule has 0 spiro atoms. The van der Waals surface area contributed by atoms with Crippen LogP contribution in [0.4, 0.5) is 0 Å². The fourth-order valence-corrected chi connectivity index (χ4v) is 1.41. The third-order valence-electron chi connectivity index (χ3n) is 1.47. The number of hydrogen-bond acceptors (Lipinski definition) is 4. The van der Waals surface area contributed by atoms with E-state index in [1.807, 2.05) is 0 Å². The quantitative estimate of drug-likeness (QED) is 0.358. The van der Waals surface area contributed by atoms with Crippen molar-refractivity contribution in [2.75, 3.05) is 6.16 Å². The zero-order valence-electron chi connectivity index (χ0n) is 6.66. The molecule has 0 amide bonds. The molecule has 0 aliphatic carbocycles. The minimum absolute atomic E-state index is 0.0314. The first-order valence-electron chi connectivity index (χ1n) is 3.56. The first kappa shape index (κ1) is 10.6. The van der Waals surface area contributed by atoms with Gasteiger partial charge in [-0.1, -0.05) is 0 Å². The Kier molecular flexibility index (Phi) is 2.70. The van der Waals surface area contributed by atoms with Gasteiger partial charge in [-0.15, -0.1) is 0 Å². The van der Waals surface area contributed by atoms with E-state index in [9.17, 15) is 4.57 Å². The van der Waals surface area contributed by atoms with Crippen LogP contribution in [0.3, 0.4) is 0 Å². The van der Waals surface area contributed by atoms with Gasteiger partial charge in [-0.3, -0.25) is 4.57 Å². The molecule has 1 aliphatic rings. The topological polar surface area (TPSA) is 110 Å². The van der Waals surface area contributed by atoms with Crippen LogP contribution in [0.5, 0.6) is 0 Å². The van der Waals surface area contributed by atoms with Crippen molar-refractivity contribution >= 4 is 13.3 Å². The molecule has 0 saturated heterocycles.